The van der Waals surface area contributed by atoms with E-state index in [-0.39, 0.29) is 0 Å². The molecule has 0 fully saturated rings. The fourth-order valence-electron chi connectivity index (χ4n) is 2.24. The maximum atomic E-state index is 6.30. The van der Waals surface area contributed by atoms with Crippen molar-refractivity contribution in [1.82, 2.24) is 9.97 Å². The van der Waals surface area contributed by atoms with Crippen LogP contribution in [0.4, 0.5) is 0 Å². The van der Waals surface area contributed by atoms with Crippen LogP contribution in [-0.4, -0.2) is 17.1 Å². The van der Waals surface area contributed by atoms with E-state index < -0.39 is 0 Å². The van der Waals surface area contributed by atoms with E-state index in [4.69, 9.17) is 27.9 Å². The molecular formula is C16H12Cl2N2O. The summed E-state index contributed by atoms with van der Waals surface area (Å²) >= 11 is 12.6. The zero-order chi connectivity index (χ0) is 15.0. The van der Waals surface area contributed by atoms with Gasteiger partial charge in [-0.1, -0.05) is 35.3 Å². The summed E-state index contributed by atoms with van der Waals surface area (Å²) in [5, 5.41) is 1.69. The summed E-state index contributed by atoms with van der Waals surface area (Å²) in [7, 11) is 1.61. The molecule has 2 aromatic carbocycles. The van der Waals surface area contributed by atoms with Gasteiger partial charge in [-0.15, -0.1) is 0 Å². The second kappa shape index (κ2) is 5.51. The second-order valence-electron chi connectivity index (χ2n) is 4.68. The molecule has 1 heterocycles. The van der Waals surface area contributed by atoms with Gasteiger partial charge in [0.25, 0.3) is 0 Å². The molecular weight excluding hydrogens is 307 g/mol. The third-order valence-electron chi connectivity index (χ3n) is 3.20. The maximum absolute atomic E-state index is 6.30. The minimum atomic E-state index is 0.381. The molecule has 0 atom stereocenters. The van der Waals surface area contributed by atoms with E-state index in [1.54, 1.807) is 7.11 Å². The number of nitrogens with zero attached hydrogens (tertiary/aromatic N) is 2. The Morgan fingerprint density at radius 3 is 2.57 bits per heavy atom. The van der Waals surface area contributed by atoms with Crippen molar-refractivity contribution in [2.75, 3.05) is 7.11 Å². The fraction of sp³-hybridized carbons (Fsp3) is 0.125. The summed E-state index contributed by atoms with van der Waals surface area (Å²) in [5.41, 5.74) is 2.44. The van der Waals surface area contributed by atoms with Gasteiger partial charge in [-0.25, -0.2) is 9.97 Å². The summed E-state index contributed by atoms with van der Waals surface area (Å²) < 4.78 is 5.34. The topological polar surface area (TPSA) is 35.0 Å². The summed E-state index contributed by atoms with van der Waals surface area (Å²) in [6.07, 6.45) is 0. The summed E-state index contributed by atoms with van der Waals surface area (Å²) in [5.74, 6) is 1.19. The lowest BCUT2D eigenvalue weighted by Gasteiger charge is -2.10. The Bertz CT molecular complexity index is 834. The number of halogens is 2. The highest BCUT2D eigenvalue weighted by molar-refractivity contribution is 6.38. The van der Waals surface area contributed by atoms with Crippen LogP contribution in [0.2, 0.25) is 10.2 Å². The Balaban J connectivity index is 2.30. The average molecular weight is 319 g/mol. The van der Waals surface area contributed by atoms with Gasteiger partial charge in [-0.05, 0) is 36.8 Å². The SMILES string of the molecule is COc1ccccc1-c1nc(Cl)c2cc(C)cc(Cl)c2n1. The lowest BCUT2D eigenvalue weighted by Crippen LogP contribution is -1.95. The number of para-hydroxylation sites is 1. The molecule has 5 heteroatoms. The Labute approximate surface area is 132 Å². The van der Waals surface area contributed by atoms with Gasteiger partial charge in [0, 0.05) is 5.39 Å². The minimum absolute atomic E-state index is 0.381. The van der Waals surface area contributed by atoms with Gasteiger partial charge in [-0.2, -0.15) is 0 Å². The first-order valence-electron chi connectivity index (χ1n) is 6.37. The van der Waals surface area contributed by atoms with Gasteiger partial charge < -0.3 is 4.74 Å². The molecule has 0 aliphatic rings. The van der Waals surface area contributed by atoms with Gasteiger partial charge in [0.2, 0.25) is 0 Å². The van der Waals surface area contributed by atoms with Crippen molar-refractivity contribution in [3.8, 4) is 17.1 Å². The van der Waals surface area contributed by atoms with Gasteiger partial charge >= 0.3 is 0 Å². The van der Waals surface area contributed by atoms with E-state index in [1.807, 2.05) is 43.3 Å². The number of methoxy groups -OCH3 is 1. The van der Waals surface area contributed by atoms with Crippen LogP contribution in [0.5, 0.6) is 5.75 Å². The van der Waals surface area contributed by atoms with Crippen LogP contribution in [0.15, 0.2) is 36.4 Å². The molecule has 0 unspecified atom stereocenters. The molecule has 21 heavy (non-hydrogen) atoms. The number of aromatic nitrogens is 2. The molecule has 0 spiro atoms. The molecule has 0 saturated carbocycles. The van der Waals surface area contributed by atoms with Gasteiger partial charge in [-0.3, -0.25) is 0 Å². The van der Waals surface area contributed by atoms with Crippen molar-refractivity contribution in [3.05, 3.63) is 52.1 Å². The van der Waals surface area contributed by atoms with Crippen molar-refractivity contribution in [1.29, 1.82) is 0 Å². The van der Waals surface area contributed by atoms with Crippen LogP contribution in [0.1, 0.15) is 5.56 Å². The molecule has 0 N–H and O–H groups in total. The van der Waals surface area contributed by atoms with E-state index >= 15 is 0 Å². The fourth-order valence-corrected chi connectivity index (χ4v) is 2.78. The lowest BCUT2D eigenvalue weighted by atomic mass is 10.1. The number of fused-ring (bicyclic) bond motifs is 1. The Kier molecular flexibility index (Phi) is 3.70. The van der Waals surface area contributed by atoms with E-state index in [1.165, 1.54) is 0 Å². The van der Waals surface area contributed by atoms with E-state index in [2.05, 4.69) is 9.97 Å². The number of hydrogen-bond donors (Lipinski definition) is 0. The molecule has 0 radical (unpaired) electrons. The number of hydrogen-bond acceptors (Lipinski definition) is 3. The van der Waals surface area contributed by atoms with Crippen LogP contribution in [-0.2, 0) is 0 Å². The summed E-state index contributed by atoms with van der Waals surface area (Å²) in [6, 6.07) is 11.3. The van der Waals surface area contributed by atoms with Crippen LogP contribution < -0.4 is 4.74 Å². The quantitative estimate of drug-likeness (QED) is 0.629. The van der Waals surface area contributed by atoms with Gasteiger partial charge in [0.1, 0.15) is 10.9 Å². The molecule has 3 aromatic rings. The Hall–Kier alpha value is -1.84. The smallest absolute Gasteiger partial charge is 0.165 e. The van der Waals surface area contributed by atoms with Crippen molar-refractivity contribution >= 4 is 34.1 Å². The number of aryl methyl sites for hydroxylation is 1. The normalized spacial score (nSPS) is 10.9. The molecule has 3 rings (SSSR count). The highest BCUT2D eigenvalue weighted by Crippen LogP contribution is 2.33. The van der Waals surface area contributed by atoms with E-state index in [9.17, 15) is 0 Å². The van der Waals surface area contributed by atoms with E-state index in [0.29, 0.717) is 27.3 Å². The Morgan fingerprint density at radius 2 is 1.81 bits per heavy atom. The molecule has 0 bridgehead atoms. The maximum Gasteiger partial charge on any atom is 0.165 e. The number of rotatable bonds is 2. The predicted octanol–water partition coefficient (Wildman–Crippen LogP) is 4.92. The monoisotopic (exact) mass is 318 g/mol. The largest absolute Gasteiger partial charge is 0.496 e. The first-order chi connectivity index (χ1) is 10.1. The Morgan fingerprint density at radius 1 is 1.05 bits per heavy atom. The van der Waals surface area contributed by atoms with E-state index in [0.717, 1.165) is 16.5 Å². The molecule has 3 nitrogen and oxygen atoms in total. The third-order valence-corrected chi connectivity index (χ3v) is 3.78. The summed E-state index contributed by atoms with van der Waals surface area (Å²) in [6.45, 7) is 1.95. The first-order valence-corrected chi connectivity index (χ1v) is 7.12. The molecule has 0 amide bonds. The highest BCUT2D eigenvalue weighted by atomic mass is 35.5. The molecule has 0 aliphatic heterocycles. The minimum Gasteiger partial charge on any atom is -0.496 e. The zero-order valence-corrected chi connectivity index (χ0v) is 13.0. The third kappa shape index (κ3) is 2.55. The highest BCUT2D eigenvalue weighted by Gasteiger charge is 2.13. The molecule has 0 saturated heterocycles. The standard InChI is InChI=1S/C16H12Cl2N2O/c1-9-7-11-14(12(17)8-9)19-16(20-15(11)18)10-5-3-4-6-13(10)21-2/h3-8H,1-2H3. The van der Waals surface area contributed by atoms with Gasteiger partial charge in [0.15, 0.2) is 5.82 Å². The molecule has 106 valence electrons. The van der Waals surface area contributed by atoms with Gasteiger partial charge in [0.05, 0.1) is 23.2 Å². The van der Waals surface area contributed by atoms with Crippen LogP contribution in [0.3, 0.4) is 0 Å². The van der Waals surface area contributed by atoms with Crippen molar-refractivity contribution in [2.24, 2.45) is 0 Å². The number of ether oxygens (including phenoxy) is 1. The van der Waals surface area contributed by atoms with Crippen molar-refractivity contribution < 1.29 is 4.74 Å². The van der Waals surface area contributed by atoms with Crippen molar-refractivity contribution in [3.63, 3.8) is 0 Å². The van der Waals surface area contributed by atoms with Crippen LogP contribution >= 0.6 is 23.2 Å². The molecule has 1 aromatic heterocycles. The van der Waals surface area contributed by atoms with Crippen LogP contribution in [0.25, 0.3) is 22.3 Å². The predicted molar refractivity (Wildman–Crippen MR) is 86.3 cm³/mol. The van der Waals surface area contributed by atoms with Crippen molar-refractivity contribution in [2.45, 2.75) is 6.92 Å². The second-order valence-corrected chi connectivity index (χ2v) is 5.45. The average Bonchev–Trinajstić information content (AvgIpc) is 2.48. The number of benzene rings is 2. The van der Waals surface area contributed by atoms with Crippen LogP contribution in [0, 0.1) is 6.92 Å². The lowest BCUT2D eigenvalue weighted by molar-refractivity contribution is 0.416. The summed E-state index contributed by atoms with van der Waals surface area (Å²) in [4.78, 5) is 8.93. The zero-order valence-electron chi connectivity index (χ0n) is 11.5. The first kappa shape index (κ1) is 14.1. The molecule has 0 aliphatic carbocycles.